The Kier molecular flexibility index (Phi) is 5.12. The lowest BCUT2D eigenvalue weighted by Crippen LogP contribution is -2.23. The molecule has 3 N–H and O–H groups in total. The van der Waals surface area contributed by atoms with Crippen LogP contribution in [-0.2, 0) is 4.79 Å². The minimum Gasteiger partial charge on any atom is -0.479 e. The van der Waals surface area contributed by atoms with Crippen LogP contribution in [0.4, 0.5) is 5.95 Å². The summed E-state index contributed by atoms with van der Waals surface area (Å²) in [6.45, 7) is 3.18. The van der Waals surface area contributed by atoms with Gasteiger partial charge in [0.2, 0.25) is 5.95 Å². The number of nitrogen functional groups attached to an aromatic ring is 1. The molecule has 122 valence electrons. The molecule has 1 aromatic carbocycles. The first-order valence-electron chi connectivity index (χ1n) is 6.52. The van der Waals surface area contributed by atoms with E-state index >= 15 is 0 Å². The van der Waals surface area contributed by atoms with Gasteiger partial charge in [-0.3, -0.25) is 0 Å². The fraction of sp³-hybridized carbons (Fsp3) is 0.214. The van der Waals surface area contributed by atoms with Crippen LogP contribution in [0.15, 0.2) is 23.4 Å². The summed E-state index contributed by atoms with van der Waals surface area (Å²) in [5, 5.41) is 13.4. The highest BCUT2D eigenvalue weighted by Gasteiger charge is 2.17. The number of nitrogens with two attached hydrogens (primary N) is 1. The van der Waals surface area contributed by atoms with E-state index in [9.17, 15) is 4.79 Å². The molecule has 1 heterocycles. The van der Waals surface area contributed by atoms with E-state index in [1.54, 1.807) is 25.3 Å². The molecule has 1 atom stereocenters. The van der Waals surface area contributed by atoms with Gasteiger partial charge in [0.1, 0.15) is 0 Å². The molecule has 0 aliphatic carbocycles. The molecular weight excluding hydrogens is 343 g/mol. The van der Waals surface area contributed by atoms with Gasteiger partial charge in [-0.1, -0.05) is 23.2 Å². The third-order valence-electron chi connectivity index (χ3n) is 2.83. The first kappa shape index (κ1) is 17.1. The maximum Gasteiger partial charge on any atom is 0.344 e. The average molecular weight is 357 g/mol. The zero-order valence-corrected chi connectivity index (χ0v) is 13.8. The lowest BCUT2D eigenvalue weighted by atomic mass is 10.2. The van der Waals surface area contributed by atoms with Crippen LogP contribution < -0.4 is 10.5 Å². The van der Waals surface area contributed by atoms with Gasteiger partial charge >= 0.3 is 5.97 Å². The van der Waals surface area contributed by atoms with Gasteiger partial charge in [-0.05, 0) is 31.5 Å². The number of carboxylic acids is 1. The fourth-order valence-corrected chi connectivity index (χ4v) is 2.31. The summed E-state index contributed by atoms with van der Waals surface area (Å²) in [4.78, 5) is 14.9. The third-order valence-corrected chi connectivity index (χ3v) is 3.39. The molecule has 9 heteroatoms. The normalized spacial score (nSPS) is 12.5. The summed E-state index contributed by atoms with van der Waals surface area (Å²) in [6, 6.07) is 3.11. The highest BCUT2D eigenvalue weighted by Crippen LogP contribution is 2.34. The second kappa shape index (κ2) is 6.89. The second-order valence-electron chi connectivity index (χ2n) is 4.74. The number of ether oxygens (including phenoxy) is 1. The molecule has 0 aliphatic rings. The largest absolute Gasteiger partial charge is 0.479 e. The van der Waals surface area contributed by atoms with Crippen LogP contribution in [0.2, 0.25) is 10.0 Å². The van der Waals surface area contributed by atoms with Crippen LogP contribution in [0, 0.1) is 6.92 Å². The van der Waals surface area contributed by atoms with Gasteiger partial charge in [-0.2, -0.15) is 5.10 Å². The lowest BCUT2D eigenvalue weighted by molar-refractivity contribution is -0.144. The number of hydrogen-bond donors (Lipinski definition) is 2. The highest BCUT2D eigenvalue weighted by atomic mass is 35.5. The average Bonchev–Trinajstić information content (AvgIpc) is 2.78. The summed E-state index contributed by atoms with van der Waals surface area (Å²) in [5.41, 5.74) is 7.02. The van der Waals surface area contributed by atoms with Gasteiger partial charge < -0.3 is 15.6 Å². The van der Waals surface area contributed by atoms with E-state index in [-0.39, 0.29) is 21.7 Å². The first-order chi connectivity index (χ1) is 10.8. The predicted octanol–water partition coefficient (Wildman–Crippen LogP) is 2.81. The van der Waals surface area contributed by atoms with Crippen LogP contribution in [-0.4, -0.2) is 33.1 Å². The number of aryl methyl sites for hydroxylation is 1. The Balaban J connectivity index is 2.25. The van der Waals surface area contributed by atoms with Crippen molar-refractivity contribution in [3.05, 3.63) is 39.6 Å². The smallest absolute Gasteiger partial charge is 0.344 e. The summed E-state index contributed by atoms with van der Waals surface area (Å²) in [6.07, 6.45) is 2.10. The van der Waals surface area contributed by atoms with E-state index in [1.165, 1.54) is 17.8 Å². The van der Waals surface area contributed by atoms with E-state index in [1.807, 2.05) is 0 Å². The van der Waals surface area contributed by atoms with Crippen molar-refractivity contribution >= 4 is 41.3 Å². The molecule has 0 amide bonds. The molecule has 1 aromatic heterocycles. The summed E-state index contributed by atoms with van der Waals surface area (Å²) in [7, 11) is 0. The number of carboxylic acid groups (broad SMARTS) is 1. The quantitative estimate of drug-likeness (QED) is 0.801. The Bertz CT molecular complexity index is 750. The maximum absolute atomic E-state index is 10.8. The summed E-state index contributed by atoms with van der Waals surface area (Å²) in [5.74, 6) is -0.752. The summed E-state index contributed by atoms with van der Waals surface area (Å²) >= 11 is 12.2. The SMILES string of the molecule is Cc1cn(N=Cc2cc(Cl)c(OC(C)C(=O)O)c(Cl)c2)c(N)n1. The van der Waals surface area contributed by atoms with Crippen molar-refractivity contribution in [2.45, 2.75) is 20.0 Å². The van der Waals surface area contributed by atoms with Gasteiger partial charge in [-0.15, -0.1) is 0 Å². The van der Waals surface area contributed by atoms with Crippen LogP contribution in [0.5, 0.6) is 5.75 Å². The van der Waals surface area contributed by atoms with Crippen molar-refractivity contribution in [2.24, 2.45) is 5.10 Å². The minimum atomic E-state index is -1.12. The molecule has 0 fully saturated rings. The van der Waals surface area contributed by atoms with Gasteiger partial charge in [0.15, 0.2) is 11.9 Å². The molecule has 23 heavy (non-hydrogen) atoms. The number of anilines is 1. The molecule has 0 radical (unpaired) electrons. The minimum absolute atomic E-state index is 0.110. The molecule has 1 unspecified atom stereocenters. The molecule has 7 nitrogen and oxygen atoms in total. The van der Waals surface area contributed by atoms with Gasteiger partial charge in [0.05, 0.1) is 28.2 Å². The predicted molar refractivity (Wildman–Crippen MR) is 88.6 cm³/mol. The Morgan fingerprint density at radius 3 is 2.57 bits per heavy atom. The van der Waals surface area contributed by atoms with Crippen molar-refractivity contribution in [1.82, 2.24) is 9.66 Å². The van der Waals surface area contributed by atoms with Crippen LogP contribution in [0.1, 0.15) is 18.2 Å². The molecule has 2 rings (SSSR count). The van der Waals surface area contributed by atoms with Crippen molar-refractivity contribution in [2.75, 3.05) is 5.73 Å². The highest BCUT2D eigenvalue weighted by molar-refractivity contribution is 6.37. The Morgan fingerprint density at radius 2 is 2.09 bits per heavy atom. The zero-order valence-electron chi connectivity index (χ0n) is 12.3. The number of imidazole rings is 1. The van der Waals surface area contributed by atoms with Gasteiger partial charge in [0.25, 0.3) is 0 Å². The molecule has 0 saturated heterocycles. The molecule has 0 saturated carbocycles. The number of rotatable bonds is 5. The Labute approximate surface area is 142 Å². The van der Waals surface area contributed by atoms with Crippen molar-refractivity contribution in [3.8, 4) is 5.75 Å². The number of aromatic nitrogens is 2. The van der Waals surface area contributed by atoms with Crippen LogP contribution >= 0.6 is 23.2 Å². The molecular formula is C14H14Cl2N4O3. The number of nitrogens with zero attached hydrogens (tertiary/aromatic N) is 3. The molecule has 0 spiro atoms. The number of carbonyl (C=O) groups is 1. The number of hydrogen-bond acceptors (Lipinski definition) is 5. The van der Waals surface area contributed by atoms with E-state index in [0.717, 1.165) is 5.69 Å². The monoisotopic (exact) mass is 356 g/mol. The van der Waals surface area contributed by atoms with Crippen molar-refractivity contribution in [3.63, 3.8) is 0 Å². The molecule has 0 aliphatic heterocycles. The number of aliphatic carboxylic acids is 1. The number of benzene rings is 1. The first-order valence-corrected chi connectivity index (χ1v) is 7.28. The van der Waals surface area contributed by atoms with Crippen LogP contribution in [0.3, 0.4) is 0 Å². The topological polar surface area (TPSA) is 103 Å². The van der Waals surface area contributed by atoms with E-state index in [0.29, 0.717) is 5.56 Å². The van der Waals surface area contributed by atoms with E-state index in [2.05, 4.69) is 10.1 Å². The van der Waals surface area contributed by atoms with Gasteiger partial charge in [-0.25, -0.2) is 14.5 Å². The van der Waals surface area contributed by atoms with E-state index in [4.69, 9.17) is 38.8 Å². The second-order valence-corrected chi connectivity index (χ2v) is 5.56. The summed E-state index contributed by atoms with van der Waals surface area (Å²) < 4.78 is 6.65. The lowest BCUT2D eigenvalue weighted by Gasteiger charge is -2.13. The van der Waals surface area contributed by atoms with Gasteiger partial charge in [0, 0.05) is 0 Å². The zero-order chi connectivity index (χ0) is 17.1. The fourth-order valence-electron chi connectivity index (χ4n) is 1.72. The van der Waals surface area contributed by atoms with Crippen molar-refractivity contribution in [1.29, 1.82) is 0 Å². The standard InChI is InChI=1S/C14H14Cl2N4O3/c1-7-6-20(14(17)19-7)18-5-9-3-10(15)12(11(16)4-9)23-8(2)13(21)22/h3-6,8H,1-2H3,(H2,17,19)(H,21,22). The molecule has 0 bridgehead atoms. The molecule has 2 aromatic rings. The van der Waals surface area contributed by atoms with Crippen LogP contribution in [0.25, 0.3) is 0 Å². The van der Waals surface area contributed by atoms with Crippen molar-refractivity contribution < 1.29 is 14.6 Å². The Morgan fingerprint density at radius 1 is 1.48 bits per heavy atom. The maximum atomic E-state index is 10.8. The Hall–Kier alpha value is -2.25. The third kappa shape index (κ3) is 4.14. The van der Waals surface area contributed by atoms with E-state index < -0.39 is 12.1 Å². The number of halogens is 2.